The third-order valence-electron chi connectivity index (χ3n) is 4.43. The van der Waals surface area contributed by atoms with Crippen molar-refractivity contribution in [3.63, 3.8) is 0 Å². The number of anilines is 1. The van der Waals surface area contributed by atoms with Gasteiger partial charge in [-0.25, -0.2) is 4.98 Å². The number of piperazine rings is 1. The molecule has 1 aliphatic heterocycles. The summed E-state index contributed by atoms with van der Waals surface area (Å²) >= 11 is 0. The molecule has 0 spiro atoms. The third kappa shape index (κ3) is 3.67. The standard InChI is InChI=1S/C18H22N4O/c1-14-3-4-16(11-15(14)2)12-18(23)22-9-7-21(8-10-22)17-13-19-5-6-20-17/h3-6,11,13H,7-10,12H2,1-2H3. The molecule has 0 bridgehead atoms. The van der Waals surface area contributed by atoms with Crippen LogP contribution in [-0.2, 0) is 11.2 Å². The monoisotopic (exact) mass is 310 g/mol. The fraction of sp³-hybridized carbons (Fsp3) is 0.389. The summed E-state index contributed by atoms with van der Waals surface area (Å²) in [6.07, 6.45) is 5.62. The molecule has 0 N–H and O–H groups in total. The first kappa shape index (κ1) is 15.5. The van der Waals surface area contributed by atoms with Gasteiger partial charge in [-0.05, 0) is 30.5 Å². The van der Waals surface area contributed by atoms with E-state index in [1.54, 1.807) is 18.6 Å². The highest BCUT2D eigenvalue weighted by Crippen LogP contribution is 2.14. The minimum Gasteiger partial charge on any atom is -0.352 e. The molecule has 1 aliphatic rings. The molecule has 3 rings (SSSR count). The van der Waals surface area contributed by atoms with E-state index in [0.29, 0.717) is 6.42 Å². The average Bonchev–Trinajstić information content (AvgIpc) is 2.59. The van der Waals surface area contributed by atoms with Gasteiger partial charge in [0.05, 0.1) is 12.6 Å². The Hall–Kier alpha value is -2.43. The van der Waals surface area contributed by atoms with Crippen LogP contribution in [0.4, 0.5) is 5.82 Å². The predicted octanol–water partition coefficient (Wildman–Crippen LogP) is 1.98. The van der Waals surface area contributed by atoms with Crippen molar-refractivity contribution in [1.29, 1.82) is 0 Å². The summed E-state index contributed by atoms with van der Waals surface area (Å²) in [7, 11) is 0. The molecule has 2 aromatic rings. The topological polar surface area (TPSA) is 49.3 Å². The van der Waals surface area contributed by atoms with E-state index in [9.17, 15) is 4.79 Å². The number of aryl methyl sites for hydroxylation is 2. The van der Waals surface area contributed by atoms with Gasteiger partial charge in [0.1, 0.15) is 5.82 Å². The van der Waals surface area contributed by atoms with Crippen LogP contribution in [0.1, 0.15) is 16.7 Å². The van der Waals surface area contributed by atoms with Crippen molar-refractivity contribution in [2.45, 2.75) is 20.3 Å². The SMILES string of the molecule is Cc1ccc(CC(=O)N2CCN(c3cnccn3)CC2)cc1C. The molecule has 2 heterocycles. The molecule has 1 fully saturated rings. The molecular formula is C18H22N4O. The fourth-order valence-electron chi connectivity index (χ4n) is 2.84. The van der Waals surface area contributed by atoms with Crippen LogP contribution in [-0.4, -0.2) is 47.0 Å². The Morgan fingerprint density at radius 1 is 1.09 bits per heavy atom. The van der Waals surface area contributed by atoms with Crippen LogP contribution in [0.2, 0.25) is 0 Å². The molecule has 0 atom stereocenters. The Kier molecular flexibility index (Phi) is 4.55. The molecule has 1 aromatic heterocycles. The second-order valence-corrected chi connectivity index (χ2v) is 6.03. The number of hydrogen-bond donors (Lipinski definition) is 0. The number of aromatic nitrogens is 2. The summed E-state index contributed by atoms with van der Waals surface area (Å²) in [5.41, 5.74) is 3.59. The third-order valence-corrected chi connectivity index (χ3v) is 4.43. The van der Waals surface area contributed by atoms with Crippen LogP contribution in [0.25, 0.3) is 0 Å². The molecule has 0 saturated carbocycles. The lowest BCUT2D eigenvalue weighted by molar-refractivity contribution is -0.130. The van der Waals surface area contributed by atoms with E-state index in [-0.39, 0.29) is 5.91 Å². The van der Waals surface area contributed by atoms with Crippen LogP contribution in [0, 0.1) is 13.8 Å². The first-order valence-electron chi connectivity index (χ1n) is 7.98. The molecule has 0 unspecified atom stereocenters. The number of benzene rings is 1. The number of carbonyl (C=O) groups excluding carboxylic acids is 1. The number of amides is 1. The molecule has 1 saturated heterocycles. The maximum atomic E-state index is 12.5. The van der Waals surface area contributed by atoms with Gasteiger partial charge in [-0.15, -0.1) is 0 Å². The Bertz CT molecular complexity index is 679. The van der Waals surface area contributed by atoms with Gasteiger partial charge < -0.3 is 9.80 Å². The van der Waals surface area contributed by atoms with Gasteiger partial charge in [0, 0.05) is 38.6 Å². The van der Waals surface area contributed by atoms with Crippen LogP contribution in [0.15, 0.2) is 36.8 Å². The first-order valence-corrected chi connectivity index (χ1v) is 7.98. The van der Waals surface area contributed by atoms with Crippen LogP contribution in [0.3, 0.4) is 0 Å². The summed E-state index contributed by atoms with van der Waals surface area (Å²) < 4.78 is 0. The Morgan fingerprint density at radius 3 is 2.52 bits per heavy atom. The van der Waals surface area contributed by atoms with E-state index in [4.69, 9.17) is 0 Å². The molecule has 1 aromatic carbocycles. The fourth-order valence-corrected chi connectivity index (χ4v) is 2.84. The highest BCUT2D eigenvalue weighted by Gasteiger charge is 2.22. The van der Waals surface area contributed by atoms with Crippen LogP contribution >= 0.6 is 0 Å². The Morgan fingerprint density at radius 2 is 1.87 bits per heavy atom. The quantitative estimate of drug-likeness (QED) is 0.870. The second-order valence-electron chi connectivity index (χ2n) is 6.03. The van der Waals surface area contributed by atoms with Crippen LogP contribution in [0.5, 0.6) is 0 Å². The minimum atomic E-state index is 0.201. The number of carbonyl (C=O) groups is 1. The highest BCUT2D eigenvalue weighted by atomic mass is 16.2. The van der Waals surface area contributed by atoms with E-state index in [1.165, 1.54) is 11.1 Å². The average molecular weight is 310 g/mol. The van der Waals surface area contributed by atoms with Gasteiger partial charge in [-0.2, -0.15) is 0 Å². The maximum absolute atomic E-state index is 12.5. The summed E-state index contributed by atoms with van der Waals surface area (Å²) in [6, 6.07) is 6.25. The lowest BCUT2D eigenvalue weighted by Gasteiger charge is -2.35. The molecule has 1 amide bonds. The smallest absolute Gasteiger partial charge is 0.227 e. The highest BCUT2D eigenvalue weighted by molar-refractivity contribution is 5.79. The summed E-state index contributed by atoms with van der Waals surface area (Å²) in [5, 5.41) is 0. The summed E-state index contributed by atoms with van der Waals surface area (Å²) in [4.78, 5) is 25.0. The molecule has 0 aliphatic carbocycles. The predicted molar refractivity (Wildman–Crippen MR) is 90.4 cm³/mol. The van der Waals surface area contributed by atoms with Crippen molar-refractivity contribution in [3.05, 3.63) is 53.5 Å². The van der Waals surface area contributed by atoms with Gasteiger partial charge >= 0.3 is 0 Å². The Balaban J connectivity index is 1.57. The van der Waals surface area contributed by atoms with Crippen molar-refractivity contribution in [2.24, 2.45) is 0 Å². The zero-order valence-electron chi connectivity index (χ0n) is 13.7. The Labute approximate surface area is 137 Å². The van der Waals surface area contributed by atoms with E-state index in [2.05, 4.69) is 46.9 Å². The van der Waals surface area contributed by atoms with Crippen molar-refractivity contribution in [2.75, 3.05) is 31.1 Å². The van der Waals surface area contributed by atoms with Crippen LogP contribution < -0.4 is 4.90 Å². The largest absolute Gasteiger partial charge is 0.352 e. The zero-order chi connectivity index (χ0) is 16.2. The first-order chi connectivity index (χ1) is 11.1. The molecular weight excluding hydrogens is 288 g/mol. The van der Waals surface area contributed by atoms with E-state index < -0.39 is 0 Å². The van der Waals surface area contributed by atoms with Gasteiger partial charge in [-0.3, -0.25) is 9.78 Å². The zero-order valence-corrected chi connectivity index (χ0v) is 13.7. The van der Waals surface area contributed by atoms with Gasteiger partial charge in [0.15, 0.2) is 0 Å². The van der Waals surface area contributed by atoms with Crippen molar-refractivity contribution < 1.29 is 4.79 Å². The molecule has 5 nitrogen and oxygen atoms in total. The maximum Gasteiger partial charge on any atom is 0.227 e. The lowest BCUT2D eigenvalue weighted by Crippen LogP contribution is -2.49. The van der Waals surface area contributed by atoms with E-state index in [1.807, 2.05) is 4.90 Å². The number of rotatable bonds is 3. The van der Waals surface area contributed by atoms with Crippen molar-refractivity contribution >= 4 is 11.7 Å². The molecule has 0 radical (unpaired) electrons. The summed E-state index contributed by atoms with van der Waals surface area (Å²) in [6.45, 7) is 7.25. The summed E-state index contributed by atoms with van der Waals surface area (Å²) in [5.74, 6) is 1.08. The molecule has 23 heavy (non-hydrogen) atoms. The minimum absolute atomic E-state index is 0.201. The molecule has 120 valence electrons. The van der Waals surface area contributed by atoms with Crippen molar-refractivity contribution in [1.82, 2.24) is 14.9 Å². The van der Waals surface area contributed by atoms with Gasteiger partial charge in [0.25, 0.3) is 0 Å². The normalized spacial score (nSPS) is 14.9. The lowest BCUT2D eigenvalue weighted by atomic mass is 10.0. The van der Waals surface area contributed by atoms with Crippen molar-refractivity contribution in [3.8, 4) is 0 Å². The second kappa shape index (κ2) is 6.77. The van der Waals surface area contributed by atoms with Gasteiger partial charge in [0.2, 0.25) is 5.91 Å². The van der Waals surface area contributed by atoms with E-state index in [0.717, 1.165) is 37.6 Å². The van der Waals surface area contributed by atoms with E-state index >= 15 is 0 Å². The van der Waals surface area contributed by atoms with Gasteiger partial charge in [-0.1, -0.05) is 18.2 Å². The molecule has 5 heteroatoms. The number of hydrogen-bond acceptors (Lipinski definition) is 4. The number of nitrogens with zero attached hydrogens (tertiary/aromatic N) is 4.